The van der Waals surface area contributed by atoms with Crippen molar-refractivity contribution < 1.29 is 0 Å². The van der Waals surface area contributed by atoms with Crippen molar-refractivity contribution in [3.63, 3.8) is 0 Å². The fourth-order valence-corrected chi connectivity index (χ4v) is 5.30. The molecule has 0 spiro atoms. The zero-order valence-corrected chi connectivity index (χ0v) is 21.2. The maximum Gasteiger partial charge on any atom is 0.196 e. The second kappa shape index (κ2) is 10.2. The Hall–Kier alpha value is -2.84. The molecule has 34 heavy (non-hydrogen) atoms. The van der Waals surface area contributed by atoms with Gasteiger partial charge in [0.1, 0.15) is 0 Å². The predicted octanol–water partition coefficient (Wildman–Crippen LogP) is 8.04. The van der Waals surface area contributed by atoms with Crippen LogP contribution in [0.15, 0.2) is 83.3 Å². The Morgan fingerprint density at radius 3 is 2.53 bits per heavy atom. The predicted molar refractivity (Wildman–Crippen MR) is 143 cm³/mol. The monoisotopic (exact) mass is 523 g/mol. The van der Waals surface area contributed by atoms with Gasteiger partial charge in [0.25, 0.3) is 0 Å². The Balaban J connectivity index is 1.42. The van der Waals surface area contributed by atoms with Crippen LogP contribution in [0.2, 0.25) is 10.0 Å². The van der Waals surface area contributed by atoms with Gasteiger partial charge in [0, 0.05) is 32.4 Å². The van der Waals surface area contributed by atoms with E-state index in [1.54, 1.807) is 23.1 Å². The summed E-state index contributed by atoms with van der Waals surface area (Å²) in [6.45, 7) is 1.98. The average Bonchev–Trinajstić information content (AvgIpc) is 3.47. The quantitative estimate of drug-likeness (QED) is 0.218. The number of aromatic nitrogens is 4. The minimum absolute atomic E-state index is 0.658. The molecule has 0 aliphatic heterocycles. The van der Waals surface area contributed by atoms with E-state index < -0.39 is 0 Å². The smallest absolute Gasteiger partial charge is 0.196 e. The van der Waals surface area contributed by atoms with E-state index in [-0.39, 0.29) is 0 Å². The van der Waals surface area contributed by atoms with Gasteiger partial charge in [-0.2, -0.15) is 0 Å². The molecule has 0 atom stereocenters. The first-order valence-corrected chi connectivity index (χ1v) is 13.1. The molecular weight excluding hydrogens is 505 g/mol. The first kappa shape index (κ1) is 22.9. The largest absolute Gasteiger partial charge is 0.332 e. The van der Waals surface area contributed by atoms with Crippen LogP contribution in [0, 0.1) is 6.92 Å². The number of hydrogen-bond acceptors (Lipinski definition) is 6. The lowest BCUT2D eigenvalue weighted by atomic mass is 10.2. The number of hydrogen-bond donors (Lipinski definition) is 1. The second-order valence-electron chi connectivity index (χ2n) is 7.51. The second-order valence-corrected chi connectivity index (χ2v) is 10.1. The Bertz CT molecular complexity index is 1420. The highest BCUT2D eigenvalue weighted by molar-refractivity contribution is 7.98. The van der Waals surface area contributed by atoms with E-state index in [1.165, 1.54) is 0 Å². The molecule has 0 aliphatic carbocycles. The summed E-state index contributed by atoms with van der Waals surface area (Å²) in [5.74, 6) is 1.38. The van der Waals surface area contributed by atoms with Crippen LogP contribution in [0.3, 0.4) is 0 Å². The molecule has 0 aliphatic rings. The van der Waals surface area contributed by atoms with E-state index in [0.717, 1.165) is 44.3 Å². The molecule has 5 nitrogen and oxygen atoms in total. The minimum Gasteiger partial charge on any atom is -0.332 e. The summed E-state index contributed by atoms with van der Waals surface area (Å²) < 4.78 is 2.02. The highest BCUT2D eigenvalue weighted by atomic mass is 35.5. The van der Waals surface area contributed by atoms with Crippen molar-refractivity contribution in [2.24, 2.45) is 0 Å². The van der Waals surface area contributed by atoms with Gasteiger partial charge < -0.3 is 5.32 Å². The standard InChI is InChI=1S/C25H19Cl2N5S2/c1-16-7-12-21(13-22(16)27)32-23(17-8-10-18(26)11-9-17)30-31-25(32)34-15-20-14-33-24(29-20)28-19-5-3-2-4-6-19/h2-14H,15H2,1H3,(H,28,29). The molecule has 0 radical (unpaired) electrons. The van der Waals surface area contributed by atoms with Gasteiger partial charge in [0.05, 0.1) is 11.4 Å². The number of anilines is 2. The van der Waals surface area contributed by atoms with E-state index >= 15 is 0 Å². The molecule has 0 bridgehead atoms. The van der Waals surface area contributed by atoms with Crippen LogP contribution in [0.5, 0.6) is 0 Å². The van der Waals surface area contributed by atoms with Crippen molar-refractivity contribution in [2.75, 3.05) is 5.32 Å². The molecule has 5 aromatic rings. The molecule has 1 N–H and O–H groups in total. The number of rotatable bonds is 7. The van der Waals surface area contributed by atoms with Crippen LogP contribution < -0.4 is 5.32 Å². The van der Waals surface area contributed by atoms with Crippen molar-refractivity contribution in [3.8, 4) is 17.1 Å². The van der Waals surface area contributed by atoms with Gasteiger partial charge in [-0.05, 0) is 61.0 Å². The third-order valence-electron chi connectivity index (χ3n) is 5.08. The van der Waals surface area contributed by atoms with Crippen LogP contribution in [-0.4, -0.2) is 19.7 Å². The Kier molecular flexibility index (Phi) is 6.87. The van der Waals surface area contributed by atoms with Gasteiger partial charge in [-0.3, -0.25) is 4.57 Å². The van der Waals surface area contributed by atoms with E-state index in [4.69, 9.17) is 28.2 Å². The first-order chi connectivity index (χ1) is 16.6. The van der Waals surface area contributed by atoms with E-state index in [1.807, 2.05) is 84.3 Å². The van der Waals surface area contributed by atoms with Crippen molar-refractivity contribution in [3.05, 3.63) is 99.5 Å². The molecule has 0 saturated carbocycles. The summed E-state index contributed by atoms with van der Waals surface area (Å²) in [5, 5.41) is 17.4. The van der Waals surface area contributed by atoms with Gasteiger partial charge in [-0.1, -0.05) is 59.2 Å². The van der Waals surface area contributed by atoms with Crippen molar-refractivity contribution >= 4 is 57.1 Å². The third kappa shape index (κ3) is 5.13. The highest BCUT2D eigenvalue weighted by Crippen LogP contribution is 2.32. The topological polar surface area (TPSA) is 55.6 Å². The molecule has 9 heteroatoms. The number of thiazole rings is 1. The van der Waals surface area contributed by atoms with E-state index in [2.05, 4.69) is 20.9 Å². The number of nitrogens with one attached hydrogen (secondary N) is 1. The summed E-state index contributed by atoms with van der Waals surface area (Å²) in [6.07, 6.45) is 0. The van der Waals surface area contributed by atoms with Crippen molar-refractivity contribution in [2.45, 2.75) is 17.8 Å². The molecule has 2 aromatic heterocycles. The van der Waals surface area contributed by atoms with Gasteiger partial charge in [-0.15, -0.1) is 21.5 Å². The number of aryl methyl sites for hydroxylation is 1. The molecule has 0 amide bonds. The third-order valence-corrected chi connectivity index (χ3v) is 7.50. The van der Waals surface area contributed by atoms with Gasteiger partial charge >= 0.3 is 0 Å². The van der Waals surface area contributed by atoms with Crippen LogP contribution in [0.4, 0.5) is 10.8 Å². The SMILES string of the molecule is Cc1ccc(-n2c(SCc3csc(Nc4ccccc4)n3)nnc2-c2ccc(Cl)cc2)cc1Cl. The molecule has 0 fully saturated rings. The molecular formula is C25H19Cl2N5S2. The fourth-order valence-electron chi connectivity index (χ4n) is 3.32. The molecule has 170 valence electrons. The average molecular weight is 525 g/mol. The van der Waals surface area contributed by atoms with Crippen LogP contribution in [0.1, 0.15) is 11.3 Å². The minimum atomic E-state index is 0.658. The molecule has 0 saturated heterocycles. The Labute approximate surface area is 215 Å². The normalized spacial score (nSPS) is 11.0. The number of nitrogens with zero attached hydrogens (tertiary/aromatic N) is 4. The summed E-state index contributed by atoms with van der Waals surface area (Å²) in [5.41, 5.74) is 4.82. The summed E-state index contributed by atoms with van der Waals surface area (Å²) in [7, 11) is 0. The van der Waals surface area contributed by atoms with Crippen molar-refractivity contribution in [1.29, 1.82) is 0 Å². The first-order valence-electron chi connectivity index (χ1n) is 10.4. The van der Waals surface area contributed by atoms with Crippen LogP contribution in [-0.2, 0) is 5.75 Å². The van der Waals surface area contributed by atoms with E-state index in [9.17, 15) is 0 Å². The van der Waals surface area contributed by atoms with Gasteiger partial charge in [-0.25, -0.2) is 4.98 Å². The zero-order chi connectivity index (χ0) is 23.5. The number of para-hydroxylation sites is 1. The summed E-state index contributed by atoms with van der Waals surface area (Å²) in [4.78, 5) is 4.72. The van der Waals surface area contributed by atoms with Gasteiger partial charge in [0.2, 0.25) is 0 Å². The molecule has 2 heterocycles. The number of benzene rings is 3. The number of halogens is 2. The van der Waals surface area contributed by atoms with Crippen LogP contribution in [0.25, 0.3) is 17.1 Å². The maximum absolute atomic E-state index is 6.45. The zero-order valence-electron chi connectivity index (χ0n) is 18.1. The Morgan fingerprint density at radius 2 is 1.76 bits per heavy atom. The summed E-state index contributed by atoms with van der Waals surface area (Å²) >= 11 is 15.7. The fraction of sp³-hybridized carbons (Fsp3) is 0.0800. The molecule has 3 aromatic carbocycles. The lowest BCUT2D eigenvalue weighted by Gasteiger charge is -2.11. The lowest BCUT2D eigenvalue weighted by Crippen LogP contribution is -2.00. The van der Waals surface area contributed by atoms with E-state index in [0.29, 0.717) is 15.8 Å². The maximum atomic E-state index is 6.45. The molecule has 5 rings (SSSR count). The summed E-state index contributed by atoms with van der Waals surface area (Å²) in [6, 6.07) is 23.6. The van der Waals surface area contributed by atoms with Crippen molar-refractivity contribution in [1.82, 2.24) is 19.7 Å². The number of thioether (sulfide) groups is 1. The highest BCUT2D eigenvalue weighted by Gasteiger charge is 2.17. The van der Waals surface area contributed by atoms with Gasteiger partial charge in [0.15, 0.2) is 16.1 Å². The van der Waals surface area contributed by atoms with Crippen LogP contribution >= 0.6 is 46.3 Å². The lowest BCUT2D eigenvalue weighted by molar-refractivity contribution is 0.885. The molecule has 0 unspecified atom stereocenters. The Morgan fingerprint density at radius 1 is 0.971 bits per heavy atom.